The highest BCUT2D eigenvalue weighted by Gasteiger charge is 1.90. The second kappa shape index (κ2) is 28.1. The van der Waals surface area contributed by atoms with E-state index in [2.05, 4.69) is 32.9 Å². The maximum Gasteiger partial charge on any atom is 0.330 e. The van der Waals surface area contributed by atoms with Gasteiger partial charge in [0.2, 0.25) is 0 Å². The zero-order valence-electron chi connectivity index (χ0n) is 19.4. The number of rotatable bonds is 4. The van der Waals surface area contributed by atoms with Crippen molar-refractivity contribution < 1.29 is 35.1 Å². The van der Waals surface area contributed by atoms with Gasteiger partial charge in [-0.15, -0.1) is 13.2 Å². The first kappa shape index (κ1) is 36.4. The summed E-state index contributed by atoms with van der Waals surface area (Å²) in [7, 11) is 0. The Balaban J connectivity index is -0.000000159. The number of benzene rings is 2. The maximum atomic E-state index is 9.60. The normalized spacial score (nSPS) is 7.64. The largest absolute Gasteiger partial charge is 0.508 e. The first-order chi connectivity index (χ1) is 15.5. The summed E-state index contributed by atoms with van der Waals surface area (Å²) in [4.78, 5) is 19.2. The lowest BCUT2D eigenvalue weighted by molar-refractivity contribution is -0.133. The molecule has 0 spiro atoms. The molecule has 0 amide bonds. The predicted molar refractivity (Wildman–Crippen MR) is 135 cm³/mol. The summed E-state index contributed by atoms with van der Waals surface area (Å²) in [5.74, 6) is -1.55. The van der Waals surface area contributed by atoms with Gasteiger partial charge >= 0.3 is 11.9 Å². The van der Waals surface area contributed by atoms with E-state index in [9.17, 15) is 9.59 Å². The molecule has 0 aliphatic heterocycles. The lowest BCUT2D eigenvalue weighted by atomic mass is 10.2. The van der Waals surface area contributed by atoms with Crippen molar-refractivity contribution in [3.8, 4) is 5.75 Å². The Kier molecular flexibility index (Phi) is 31.0. The third-order valence-electron chi connectivity index (χ3n) is 2.62. The third kappa shape index (κ3) is 35.8. The molecule has 0 saturated carbocycles. The second-order valence-corrected chi connectivity index (χ2v) is 5.57. The monoisotopic (exact) mass is 460 g/mol. The minimum atomic E-state index is -0.935. The topological polar surface area (TPSA) is 135 Å². The molecule has 0 heterocycles. The van der Waals surface area contributed by atoms with Gasteiger partial charge in [-0.05, 0) is 31.5 Å². The highest BCUT2D eigenvalue weighted by Crippen LogP contribution is 2.02. The highest BCUT2D eigenvalue weighted by atomic mass is 16.4. The van der Waals surface area contributed by atoms with E-state index in [0.29, 0.717) is 5.75 Å². The van der Waals surface area contributed by atoms with Crippen LogP contribution in [0.15, 0.2) is 105 Å². The fourth-order valence-electron chi connectivity index (χ4n) is 1.02. The van der Waals surface area contributed by atoms with Gasteiger partial charge in [0.05, 0.1) is 13.2 Å². The van der Waals surface area contributed by atoms with Gasteiger partial charge in [-0.3, -0.25) is 0 Å². The number of carbonyl (C=O) groups is 2. The maximum absolute atomic E-state index is 9.60. The summed E-state index contributed by atoms with van der Waals surface area (Å²) >= 11 is 0. The van der Waals surface area contributed by atoms with Crippen LogP contribution in [0.1, 0.15) is 19.4 Å². The molecule has 2 rings (SSSR count). The van der Waals surface area contributed by atoms with Crippen LogP contribution in [0.3, 0.4) is 0 Å². The van der Waals surface area contributed by atoms with Crippen LogP contribution in [-0.2, 0) is 9.59 Å². The van der Waals surface area contributed by atoms with Crippen molar-refractivity contribution in [2.45, 2.75) is 13.8 Å². The van der Waals surface area contributed by atoms with Crippen molar-refractivity contribution >= 4 is 18.0 Å². The van der Waals surface area contributed by atoms with Crippen molar-refractivity contribution in [1.82, 2.24) is 0 Å². The third-order valence-corrected chi connectivity index (χ3v) is 2.62. The molecule has 5 N–H and O–H groups in total. The summed E-state index contributed by atoms with van der Waals surface area (Å²) in [5.41, 5.74) is 1.53. The Labute approximate surface area is 196 Å². The van der Waals surface area contributed by atoms with Crippen LogP contribution >= 0.6 is 0 Å². The standard InChI is InChI=1S/C8H8.C6H6O.2C4H6O2.C2H6O2.C2H4/c1-2-8-6-4-3-5-7-8;7-6-4-2-1-3-5-6;2*1-3(2)4(5)6;3-1-2-4;1-2/h2-7H,1H2;1-5,7H;2*1H2,2H3,(H,5,6);3-4H,1-2H2;1-2H2. The van der Waals surface area contributed by atoms with Gasteiger partial charge in [0.25, 0.3) is 0 Å². The number of phenolic OH excluding ortho intramolecular Hbond substituents is 1. The van der Waals surface area contributed by atoms with E-state index in [0.717, 1.165) is 0 Å². The number of aliphatic hydroxyl groups is 2. The van der Waals surface area contributed by atoms with Gasteiger partial charge in [-0.2, -0.15) is 0 Å². The number of para-hydroxylation sites is 1. The molecule has 0 radical (unpaired) electrons. The van der Waals surface area contributed by atoms with Crippen LogP contribution in [-0.4, -0.2) is 50.7 Å². The van der Waals surface area contributed by atoms with E-state index in [-0.39, 0.29) is 24.4 Å². The summed E-state index contributed by atoms with van der Waals surface area (Å²) in [6, 6.07) is 18.7. The Bertz CT molecular complexity index is 720. The van der Waals surface area contributed by atoms with Gasteiger partial charge in [-0.1, -0.05) is 74.3 Å². The molecule has 0 aromatic heterocycles. The number of aromatic hydroxyl groups is 1. The Morgan fingerprint density at radius 3 is 1.15 bits per heavy atom. The molecular formula is C26H36O7. The quantitative estimate of drug-likeness (QED) is 0.327. The molecule has 0 bridgehead atoms. The molecule has 33 heavy (non-hydrogen) atoms. The van der Waals surface area contributed by atoms with Gasteiger partial charge < -0.3 is 25.5 Å². The first-order valence-electron chi connectivity index (χ1n) is 9.44. The number of carboxylic acids is 2. The van der Waals surface area contributed by atoms with E-state index < -0.39 is 11.9 Å². The van der Waals surface area contributed by atoms with Gasteiger partial charge in [-0.25, -0.2) is 9.59 Å². The lowest BCUT2D eigenvalue weighted by Gasteiger charge is -1.85. The van der Waals surface area contributed by atoms with Crippen molar-refractivity contribution in [2.24, 2.45) is 0 Å². The van der Waals surface area contributed by atoms with E-state index in [1.165, 1.54) is 19.4 Å². The molecule has 182 valence electrons. The minimum Gasteiger partial charge on any atom is -0.508 e. The minimum absolute atomic E-state index is 0.125. The van der Waals surface area contributed by atoms with Gasteiger partial charge in [0.15, 0.2) is 0 Å². The van der Waals surface area contributed by atoms with E-state index in [4.69, 9.17) is 25.5 Å². The number of hydrogen-bond acceptors (Lipinski definition) is 5. The Morgan fingerprint density at radius 2 is 1.03 bits per heavy atom. The van der Waals surface area contributed by atoms with Crippen molar-refractivity contribution in [3.05, 3.63) is 110 Å². The second-order valence-electron chi connectivity index (χ2n) is 5.57. The van der Waals surface area contributed by atoms with Crippen LogP contribution in [0.4, 0.5) is 0 Å². The molecule has 0 aliphatic rings. The number of hydrogen-bond donors (Lipinski definition) is 5. The van der Waals surface area contributed by atoms with Crippen LogP contribution in [0.25, 0.3) is 6.08 Å². The van der Waals surface area contributed by atoms with Gasteiger partial charge in [0, 0.05) is 11.1 Å². The highest BCUT2D eigenvalue weighted by molar-refractivity contribution is 5.85. The van der Waals surface area contributed by atoms with E-state index in [1.54, 1.807) is 24.3 Å². The molecule has 2 aromatic rings. The zero-order chi connectivity index (χ0) is 26.7. The SMILES string of the molecule is C=C.C=C(C)C(=O)O.C=C(C)C(=O)O.C=Cc1ccccc1.OCCO.Oc1ccccc1. The van der Waals surface area contributed by atoms with Crippen LogP contribution in [0.2, 0.25) is 0 Å². The van der Waals surface area contributed by atoms with Crippen LogP contribution in [0.5, 0.6) is 5.75 Å². The fourth-order valence-corrected chi connectivity index (χ4v) is 1.02. The molecular weight excluding hydrogens is 424 g/mol. The summed E-state index contributed by atoms with van der Waals surface area (Å²) in [5, 5.41) is 39.7. The molecule has 0 aliphatic carbocycles. The molecule has 7 heteroatoms. The van der Waals surface area contributed by atoms with Crippen LogP contribution < -0.4 is 0 Å². The summed E-state index contributed by atoms with van der Waals surface area (Å²) in [6.07, 6.45) is 1.83. The summed E-state index contributed by atoms with van der Waals surface area (Å²) < 4.78 is 0. The fraction of sp³-hybridized carbons (Fsp3) is 0.154. The first-order valence-corrected chi connectivity index (χ1v) is 9.44. The average molecular weight is 461 g/mol. The smallest absolute Gasteiger partial charge is 0.330 e. The molecule has 2 aromatic carbocycles. The number of carboxylic acid groups (broad SMARTS) is 2. The Hall–Kier alpha value is -3.94. The average Bonchev–Trinajstić information content (AvgIpc) is 2.82. The molecule has 0 unspecified atom stereocenters. The van der Waals surface area contributed by atoms with E-state index >= 15 is 0 Å². The predicted octanol–water partition coefficient (Wildman–Crippen LogP) is 4.79. The van der Waals surface area contributed by atoms with Gasteiger partial charge in [0.1, 0.15) is 5.75 Å². The lowest BCUT2D eigenvalue weighted by Crippen LogP contribution is -1.92. The molecule has 0 saturated heterocycles. The van der Waals surface area contributed by atoms with Crippen LogP contribution in [0, 0.1) is 0 Å². The Morgan fingerprint density at radius 1 is 0.758 bits per heavy atom. The zero-order valence-corrected chi connectivity index (χ0v) is 19.4. The summed E-state index contributed by atoms with van der Waals surface area (Å²) in [6.45, 7) is 18.6. The molecule has 0 atom stereocenters. The van der Waals surface area contributed by atoms with Crippen molar-refractivity contribution in [2.75, 3.05) is 13.2 Å². The number of aliphatic hydroxyl groups excluding tert-OH is 2. The number of aliphatic carboxylic acids is 2. The van der Waals surface area contributed by atoms with E-state index in [1.807, 2.05) is 42.5 Å². The van der Waals surface area contributed by atoms with Crippen molar-refractivity contribution in [1.29, 1.82) is 0 Å². The molecule has 7 nitrogen and oxygen atoms in total. The molecule has 0 fully saturated rings. The van der Waals surface area contributed by atoms with Crippen molar-refractivity contribution in [3.63, 3.8) is 0 Å². The number of phenols is 1.